The van der Waals surface area contributed by atoms with Crippen LogP contribution in [0.2, 0.25) is 0 Å². The van der Waals surface area contributed by atoms with Crippen LogP contribution in [-0.2, 0) is 9.59 Å². The molecule has 1 saturated heterocycles. The predicted molar refractivity (Wildman–Crippen MR) is 95.4 cm³/mol. The summed E-state index contributed by atoms with van der Waals surface area (Å²) in [6, 6.07) is 16.3. The number of carbonyl (C=O) groups excluding carboxylic acids is 2. The lowest BCUT2D eigenvalue weighted by atomic mass is 9.92. The standard InChI is InChI=1S/C20H20N2O3/c1-3-17-18(21-13-23)19(14-7-5-4-6-8-14)22(20(17)24)15-9-11-16(25-2)12-10-15/h4-12,17-19H,3H2,1-2H3/t17-,18-,19+/m0/s1. The number of amides is 1. The average Bonchev–Trinajstić information content (AvgIpc) is 2.94. The van der Waals surface area contributed by atoms with E-state index in [-0.39, 0.29) is 17.9 Å². The molecule has 0 N–H and O–H groups in total. The number of nitrogens with zero attached hydrogens (tertiary/aromatic N) is 2. The molecule has 1 aliphatic heterocycles. The molecule has 1 aliphatic rings. The van der Waals surface area contributed by atoms with E-state index < -0.39 is 6.04 Å². The number of benzene rings is 2. The van der Waals surface area contributed by atoms with Crippen molar-refractivity contribution in [3.63, 3.8) is 0 Å². The number of rotatable bonds is 5. The number of carbonyl (C=O) groups is 1. The van der Waals surface area contributed by atoms with Gasteiger partial charge in [-0.1, -0.05) is 37.3 Å². The molecule has 128 valence electrons. The van der Waals surface area contributed by atoms with Crippen LogP contribution in [0.15, 0.2) is 59.6 Å². The Morgan fingerprint density at radius 2 is 1.80 bits per heavy atom. The van der Waals surface area contributed by atoms with Gasteiger partial charge >= 0.3 is 0 Å². The van der Waals surface area contributed by atoms with Gasteiger partial charge in [0.05, 0.1) is 25.1 Å². The minimum absolute atomic E-state index is 0.0227. The van der Waals surface area contributed by atoms with E-state index in [1.165, 1.54) is 0 Å². The number of aliphatic imine (C=N–C) groups is 1. The zero-order chi connectivity index (χ0) is 17.8. The highest BCUT2D eigenvalue weighted by Gasteiger charge is 2.48. The third kappa shape index (κ3) is 3.06. The van der Waals surface area contributed by atoms with Gasteiger partial charge in [-0.25, -0.2) is 4.79 Å². The maximum absolute atomic E-state index is 13.1. The van der Waals surface area contributed by atoms with Gasteiger partial charge in [0.1, 0.15) is 5.75 Å². The largest absolute Gasteiger partial charge is 0.497 e. The molecule has 3 rings (SSSR count). The van der Waals surface area contributed by atoms with Crippen molar-refractivity contribution in [1.29, 1.82) is 0 Å². The second-order valence-corrected chi connectivity index (χ2v) is 5.99. The van der Waals surface area contributed by atoms with Crippen molar-refractivity contribution in [2.45, 2.75) is 25.4 Å². The highest BCUT2D eigenvalue weighted by molar-refractivity contribution is 5.99. The highest BCUT2D eigenvalue weighted by atomic mass is 16.5. The normalized spacial score (nSPS) is 22.6. The molecule has 1 heterocycles. The molecule has 3 atom stereocenters. The summed E-state index contributed by atoms with van der Waals surface area (Å²) >= 11 is 0. The summed E-state index contributed by atoms with van der Waals surface area (Å²) in [5.74, 6) is 0.362. The minimum atomic E-state index is -0.445. The summed E-state index contributed by atoms with van der Waals surface area (Å²) in [5, 5.41) is 0. The molecule has 0 spiro atoms. The molecule has 5 nitrogen and oxygen atoms in total. The second kappa shape index (κ2) is 7.32. The molecule has 1 amide bonds. The molecule has 2 aromatic carbocycles. The van der Waals surface area contributed by atoms with Crippen LogP contribution >= 0.6 is 0 Å². The first-order valence-electron chi connectivity index (χ1n) is 8.30. The van der Waals surface area contributed by atoms with E-state index in [9.17, 15) is 9.59 Å². The second-order valence-electron chi connectivity index (χ2n) is 5.99. The number of anilines is 1. The Kier molecular flexibility index (Phi) is 4.96. The van der Waals surface area contributed by atoms with E-state index >= 15 is 0 Å². The number of isocyanates is 1. The first kappa shape index (κ1) is 16.9. The molecule has 1 fully saturated rings. The van der Waals surface area contributed by atoms with Crippen molar-refractivity contribution in [3.8, 4) is 5.75 Å². The molecule has 5 heteroatoms. The van der Waals surface area contributed by atoms with Crippen LogP contribution < -0.4 is 9.64 Å². The fraction of sp³-hybridized carbons (Fsp3) is 0.300. The molecule has 0 unspecified atom stereocenters. The zero-order valence-corrected chi connectivity index (χ0v) is 14.3. The van der Waals surface area contributed by atoms with E-state index in [0.717, 1.165) is 17.0 Å². The lowest BCUT2D eigenvalue weighted by Crippen LogP contribution is -2.29. The molecule has 2 aromatic rings. The van der Waals surface area contributed by atoms with Gasteiger partial charge in [-0.3, -0.25) is 4.79 Å². The van der Waals surface area contributed by atoms with Crippen LogP contribution in [0, 0.1) is 5.92 Å². The van der Waals surface area contributed by atoms with Crippen LogP contribution in [0.3, 0.4) is 0 Å². The van der Waals surface area contributed by atoms with Gasteiger partial charge in [0.15, 0.2) is 0 Å². The van der Waals surface area contributed by atoms with Crippen molar-refractivity contribution in [1.82, 2.24) is 0 Å². The Balaban J connectivity index is 2.11. The smallest absolute Gasteiger partial charge is 0.235 e. The molecule has 0 aliphatic carbocycles. The number of hydrogen-bond donors (Lipinski definition) is 0. The van der Waals surface area contributed by atoms with Gasteiger partial charge in [0.25, 0.3) is 0 Å². The Labute approximate surface area is 146 Å². The van der Waals surface area contributed by atoms with Crippen LogP contribution in [0.4, 0.5) is 5.69 Å². The summed E-state index contributed by atoms with van der Waals surface area (Å²) in [5.41, 5.74) is 1.72. The summed E-state index contributed by atoms with van der Waals surface area (Å²) in [4.78, 5) is 29.8. The summed E-state index contributed by atoms with van der Waals surface area (Å²) in [6.45, 7) is 1.94. The maximum atomic E-state index is 13.1. The van der Waals surface area contributed by atoms with Crippen molar-refractivity contribution >= 4 is 17.7 Å². The number of methoxy groups -OCH3 is 1. The van der Waals surface area contributed by atoms with Crippen molar-refractivity contribution in [3.05, 3.63) is 60.2 Å². The topological polar surface area (TPSA) is 59.0 Å². The van der Waals surface area contributed by atoms with Gasteiger partial charge in [-0.15, -0.1) is 0 Å². The van der Waals surface area contributed by atoms with Crippen LogP contribution in [-0.4, -0.2) is 25.1 Å². The molecular formula is C20H20N2O3. The Hall–Kier alpha value is -2.91. The molecular weight excluding hydrogens is 316 g/mol. The minimum Gasteiger partial charge on any atom is -0.497 e. The van der Waals surface area contributed by atoms with Crippen LogP contribution in [0.25, 0.3) is 0 Å². The van der Waals surface area contributed by atoms with E-state index in [2.05, 4.69) is 4.99 Å². The fourth-order valence-corrected chi connectivity index (χ4v) is 3.50. The van der Waals surface area contributed by atoms with Gasteiger partial charge in [-0.2, -0.15) is 4.99 Å². The van der Waals surface area contributed by atoms with Crippen molar-refractivity contribution in [2.24, 2.45) is 10.9 Å². The third-order valence-corrected chi connectivity index (χ3v) is 4.70. The van der Waals surface area contributed by atoms with Gasteiger partial charge in [0.2, 0.25) is 12.0 Å². The SMILES string of the molecule is CC[C@@H]1C(=O)N(c2ccc(OC)cc2)[C@H](c2ccccc2)[C@H]1N=C=O. The lowest BCUT2D eigenvalue weighted by Gasteiger charge is -2.27. The summed E-state index contributed by atoms with van der Waals surface area (Å²) in [7, 11) is 1.60. The summed E-state index contributed by atoms with van der Waals surface area (Å²) in [6.07, 6.45) is 2.28. The molecule has 0 saturated carbocycles. The maximum Gasteiger partial charge on any atom is 0.235 e. The van der Waals surface area contributed by atoms with Crippen molar-refractivity contribution < 1.29 is 14.3 Å². The Morgan fingerprint density at radius 3 is 2.36 bits per heavy atom. The first-order valence-corrected chi connectivity index (χ1v) is 8.30. The van der Waals surface area contributed by atoms with Crippen LogP contribution in [0.5, 0.6) is 5.75 Å². The third-order valence-electron chi connectivity index (χ3n) is 4.70. The lowest BCUT2D eigenvalue weighted by molar-refractivity contribution is -0.120. The van der Waals surface area contributed by atoms with Crippen LogP contribution in [0.1, 0.15) is 24.9 Å². The average molecular weight is 336 g/mol. The number of ether oxygens (including phenoxy) is 1. The first-order chi connectivity index (χ1) is 12.2. The van der Waals surface area contributed by atoms with E-state index in [0.29, 0.717) is 6.42 Å². The zero-order valence-electron chi connectivity index (χ0n) is 14.3. The molecule has 0 radical (unpaired) electrons. The highest BCUT2D eigenvalue weighted by Crippen LogP contribution is 2.43. The van der Waals surface area contributed by atoms with Gasteiger partial charge in [-0.05, 0) is 36.2 Å². The van der Waals surface area contributed by atoms with E-state index in [4.69, 9.17) is 4.74 Å². The molecule has 0 bridgehead atoms. The number of hydrogen-bond acceptors (Lipinski definition) is 4. The molecule has 25 heavy (non-hydrogen) atoms. The van der Waals surface area contributed by atoms with Gasteiger partial charge < -0.3 is 9.64 Å². The molecule has 0 aromatic heterocycles. The quantitative estimate of drug-likeness (QED) is 0.620. The van der Waals surface area contributed by atoms with Crippen molar-refractivity contribution in [2.75, 3.05) is 12.0 Å². The fourth-order valence-electron chi connectivity index (χ4n) is 3.50. The summed E-state index contributed by atoms with van der Waals surface area (Å²) < 4.78 is 5.20. The monoisotopic (exact) mass is 336 g/mol. The Bertz CT molecular complexity index is 782. The van der Waals surface area contributed by atoms with E-state index in [1.807, 2.05) is 61.5 Å². The van der Waals surface area contributed by atoms with E-state index in [1.54, 1.807) is 18.1 Å². The van der Waals surface area contributed by atoms with Gasteiger partial charge in [0, 0.05) is 5.69 Å². The predicted octanol–water partition coefficient (Wildman–Crippen LogP) is 3.51. The Morgan fingerprint density at radius 1 is 1.12 bits per heavy atom.